The summed E-state index contributed by atoms with van der Waals surface area (Å²) in [5.41, 5.74) is 73.3. The van der Waals surface area contributed by atoms with Gasteiger partial charge in [-0.05, 0) is 145 Å². The average Bonchev–Trinajstić information content (AvgIpc) is 1.85. The van der Waals surface area contributed by atoms with E-state index in [1.807, 2.05) is 20.8 Å². The van der Waals surface area contributed by atoms with Crippen molar-refractivity contribution in [3.05, 3.63) is 0 Å². The smallest absolute Gasteiger partial charge is 0.323 e. The molecule has 135 heavy (non-hydrogen) atoms. The van der Waals surface area contributed by atoms with Crippen LogP contribution in [0.1, 0.15) is 272 Å². The van der Waals surface area contributed by atoms with E-state index in [1.165, 1.54) is 118 Å². The van der Waals surface area contributed by atoms with E-state index in [0.717, 1.165) is 95.6 Å². The van der Waals surface area contributed by atoms with E-state index in [4.69, 9.17) is 158 Å². The van der Waals surface area contributed by atoms with Crippen molar-refractivity contribution in [2.45, 2.75) is 363 Å². The number of nitrogens with two attached hydrogens (primary N) is 14. The normalized spacial score (nSPS) is 18.1. The number of rotatable bonds is 41. The lowest BCUT2D eigenvalue weighted by atomic mass is 9.84. The number of ether oxygens (including phenoxy) is 3. The number of hydrogen-bond donors (Lipinski definition) is 28. The minimum Gasteiger partial charge on any atom is -0.480 e. The highest BCUT2D eigenvalue weighted by atomic mass is 32.2. The largest absolute Gasteiger partial charge is 0.480 e. The molecule has 6 aliphatic rings. The molecule has 0 saturated heterocycles. The fraction of sp³-hybridized carbons (Fsp3) is 0.816. The van der Waals surface area contributed by atoms with Crippen molar-refractivity contribution in [2.75, 3.05) is 46.6 Å². The van der Waals surface area contributed by atoms with Gasteiger partial charge in [-0.3, -0.25) is 67.1 Å². The number of carbonyl (C=O) groups is 14. The first-order chi connectivity index (χ1) is 62.7. The predicted molar refractivity (Wildman–Crippen MR) is 505 cm³/mol. The molecule has 6 fully saturated rings. The number of hydrogen-bond acceptors (Lipinski definition) is 33. The van der Waals surface area contributed by atoms with Crippen LogP contribution in [0.25, 0.3) is 0 Å². The molecule has 0 aromatic carbocycles. The van der Waals surface area contributed by atoms with Crippen LogP contribution in [-0.4, -0.2) is 301 Å². The lowest BCUT2D eigenvalue weighted by molar-refractivity contribution is -0.142. The molecule has 0 amide bonds. The molecule has 6 aliphatic carbocycles. The Morgan fingerprint density at radius 2 is 0.622 bits per heavy atom. The lowest BCUT2D eigenvalue weighted by Gasteiger charge is -2.24. The number of methoxy groups -OCH3 is 3. The van der Waals surface area contributed by atoms with Crippen molar-refractivity contribution in [2.24, 2.45) is 122 Å². The number of aliphatic carboxylic acids is 14. The van der Waals surface area contributed by atoms with E-state index in [1.54, 1.807) is 13.8 Å². The maximum Gasteiger partial charge on any atom is 0.323 e. The van der Waals surface area contributed by atoms with Gasteiger partial charge in [0.2, 0.25) is 0 Å². The van der Waals surface area contributed by atoms with Crippen molar-refractivity contribution >= 4 is 93.4 Å². The highest BCUT2D eigenvalue weighted by Crippen LogP contribution is 2.33. The van der Waals surface area contributed by atoms with Gasteiger partial charge < -0.3 is 166 Å². The summed E-state index contributed by atoms with van der Waals surface area (Å²) in [6.07, 6.45) is 41.5. The Morgan fingerprint density at radius 1 is 0.333 bits per heavy atom. The van der Waals surface area contributed by atoms with E-state index >= 15 is 0 Å². The topological polar surface area (TPSA) is 948 Å². The van der Waals surface area contributed by atoms with E-state index in [-0.39, 0.29) is 42.5 Å². The summed E-state index contributed by atoms with van der Waals surface area (Å²) >= 11 is 0. The molecule has 47 nitrogen and oxygen atoms in total. The first-order valence-electron chi connectivity index (χ1n) is 45.6. The molecule has 0 spiro atoms. The van der Waals surface area contributed by atoms with Crippen LogP contribution in [0.4, 0.5) is 0 Å². The van der Waals surface area contributed by atoms with Gasteiger partial charge in [0.1, 0.15) is 94.4 Å². The summed E-state index contributed by atoms with van der Waals surface area (Å²) in [7, 11) is 1.24. The van der Waals surface area contributed by atoms with E-state index < -0.39 is 184 Å². The lowest BCUT2D eigenvalue weighted by Crippen LogP contribution is -2.40. The molecular weight excluding hydrogens is 1800 g/mol. The molecular formula is C87H172N14O33S. The van der Waals surface area contributed by atoms with Crippen LogP contribution in [0.15, 0.2) is 0 Å². The quantitative estimate of drug-likeness (QED) is 0.0391. The Bertz CT molecular complexity index is 3310. The van der Waals surface area contributed by atoms with Crippen molar-refractivity contribution in [1.82, 2.24) is 0 Å². The Balaban J connectivity index is -0.000000215. The fourth-order valence-corrected chi connectivity index (χ4v) is 13.1. The van der Waals surface area contributed by atoms with Gasteiger partial charge in [0, 0.05) is 40.6 Å². The summed E-state index contributed by atoms with van der Waals surface area (Å²) in [6, 6.07) is -10.3. The van der Waals surface area contributed by atoms with E-state index in [2.05, 4.69) is 20.1 Å². The van der Waals surface area contributed by atoms with Crippen molar-refractivity contribution in [1.29, 1.82) is 0 Å². The first-order valence-corrected chi connectivity index (χ1v) is 47.6. The van der Waals surface area contributed by atoms with Crippen LogP contribution in [0.3, 0.4) is 0 Å². The maximum absolute atomic E-state index is 10.5. The Labute approximate surface area is 794 Å². The van der Waals surface area contributed by atoms with Gasteiger partial charge in [0.25, 0.3) is 0 Å². The Morgan fingerprint density at radius 3 is 0.852 bits per heavy atom. The standard InChI is InChI=1S/C10H19NO2.C9H17NO2.2C8H15NO2.C7H13NO2.C6H13NO2.C6H9NO2.C5H11NO4S.2C5H11NO3.C5H9NO2.C5H11NO2.C4H9NO3.C4H9NO2/c11-9(10(12)13)7-6-8-4-2-1-3-5-8;10-8(9(11)12)6-7-4-2-1-3-5-7;9-7(8(10)11)5-6-3-1-2-4-6;9-7(8(10)11)6-4-2-1-3-5-6;8-6(7(9)10)5-3-1-2-4-5;1-3-4(2)5(7)6(8)9;1-2-3-4-5(7)6(8)9;1-11(9,10)3-2-4(6)5(7)8;1-9-3-2-4(6)5(7)8;1-3(9-2)4(6)5(7)8;6-4(5(7)8)3-1-2-3;1-2-3-4(6)5(7)8;1-8-2-3(5)4(6)7;1-2-3(5)4(6)7/h8-9H,1-7,11H2,(H,12,13);7-8H,1-6,10H2,(H,11,12);2*6-7H,1-5,9H2,(H,10,11);5-6H,1-4,8H2,(H,9,10);4-5H,3,7H2,1-2H3,(H,8,9);1,5H,3-4,7H2,(H,8,9);4H,2-3,6H2,1H3,(H,7,8);4H,2-3,6H2,1H3,(H,7,8);3-4H,6H2,1-2H3,(H,7,8);3-4H,1-2,6H2,(H,7,8);4H,2-3,6H2,1H3,(H,7,8);3H,2,5H2,1H3,(H,6,7);3H,2,5H2,1H3,(H,6,7). The number of terminal acetylenes is 1. The summed E-state index contributed by atoms with van der Waals surface area (Å²) in [6.45, 7) is 9.47. The van der Waals surface area contributed by atoms with Crippen molar-refractivity contribution in [3.8, 4) is 12.3 Å². The minimum absolute atomic E-state index is 0.0336. The molecule has 0 radical (unpaired) electrons. The summed E-state index contributed by atoms with van der Waals surface area (Å²) in [5, 5.41) is 117. The second kappa shape index (κ2) is 87.0. The molecule has 0 aromatic rings. The van der Waals surface area contributed by atoms with Crippen LogP contribution < -0.4 is 80.3 Å². The molecule has 16 atom stereocenters. The van der Waals surface area contributed by atoms with Crippen LogP contribution in [-0.2, 0) is 91.2 Å². The predicted octanol–water partition coefficient (Wildman–Crippen LogP) is 2.49. The van der Waals surface area contributed by atoms with Gasteiger partial charge in [-0.25, -0.2) is 8.42 Å². The van der Waals surface area contributed by atoms with Gasteiger partial charge in [-0.15, -0.1) is 12.3 Å². The Hall–Kier alpha value is -8.59. The molecule has 0 aromatic heterocycles. The van der Waals surface area contributed by atoms with Gasteiger partial charge in [-0.1, -0.05) is 163 Å². The number of sulfone groups is 1. The number of carboxylic acids is 14. The van der Waals surface area contributed by atoms with Crippen LogP contribution >= 0.6 is 0 Å². The SMILES string of the molecule is C#CCCC(N)C(=O)O.CCC(C)C(N)C(=O)O.CCC(N)C(=O)O.CCCC(N)C(=O)O.COC(C)C(N)C(=O)O.COCC(N)C(=O)O.COCCC(N)C(=O)O.CS(=O)(=O)CCC(N)C(=O)O.NC(C(=O)O)C1CC1.NC(C(=O)O)C1CCCC1.NC(C(=O)O)C1CCCCC1.NC(CC1CCCC1)C(=O)O.NC(CC1CCCCC1)C(=O)O.NC(CCC1CCCCC1)C(=O)O. The second-order valence-electron chi connectivity index (χ2n) is 33.7. The highest BCUT2D eigenvalue weighted by molar-refractivity contribution is 7.90. The number of carboxylic acid groups (broad SMARTS) is 14. The molecule has 42 N–H and O–H groups in total. The maximum atomic E-state index is 10.5. The van der Waals surface area contributed by atoms with Gasteiger partial charge in [0.15, 0.2) is 0 Å². The molecule has 16 unspecified atom stereocenters. The molecule has 6 saturated carbocycles. The fourth-order valence-electron chi connectivity index (χ4n) is 12.4. The van der Waals surface area contributed by atoms with Crippen LogP contribution in [0.2, 0.25) is 0 Å². The van der Waals surface area contributed by atoms with Crippen molar-refractivity contribution in [3.63, 3.8) is 0 Å². The Kier molecular flexibility index (Phi) is 91.3. The van der Waals surface area contributed by atoms with Gasteiger partial charge >= 0.3 is 83.6 Å². The van der Waals surface area contributed by atoms with Crippen LogP contribution in [0, 0.1) is 53.8 Å². The van der Waals surface area contributed by atoms with Gasteiger partial charge in [0.05, 0.1) is 18.5 Å². The summed E-state index contributed by atoms with van der Waals surface area (Å²) in [4.78, 5) is 142. The van der Waals surface area contributed by atoms with E-state index in [0.29, 0.717) is 69.8 Å². The highest BCUT2D eigenvalue weighted by Gasteiger charge is 2.34. The zero-order chi connectivity index (χ0) is 106. The summed E-state index contributed by atoms with van der Waals surface area (Å²) < 4.78 is 34.8. The molecule has 0 heterocycles. The first kappa shape index (κ1) is 142. The zero-order valence-electron chi connectivity index (χ0n) is 80.6. The van der Waals surface area contributed by atoms with Crippen molar-refractivity contribution < 1.29 is 161 Å². The zero-order valence-corrected chi connectivity index (χ0v) is 81.4. The molecule has 48 heteroatoms. The second-order valence-corrected chi connectivity index (χ2v) is 36.0. The molecule has 0 bridgehead atoms. The summed E-state index contributed by atoms with van der Waals surface area (Å²) in [5.74, 6) is -8.34. The third-order valence-corrected chi connectivity index (χ3v) is 23.0. The monoisotopic (exact) mass is 1970 g/mol. The van der Waals surface area contributed by atoms with Crippen LogP contribution in [0.5, 0.6) is 0 Å². The average molecular weight is 1970 g/mol. The van der Waals surface area contributed by atoms with Gasteiger partial charge in [-0.2, -0.15) is 0 Å². The molecule has 0 aliphatic heterocycles. The third-order valence-electron chi connectivity index (χ3n) is 22.0. The minimum atomic E-state index is -3.10. The molecule has 6 rings (SSSR count). The third kappa shape index (κ3) is 87.9. The van der Waals surface area contributed by atoms with E-state index in [9.17, 15) is 75.5 Å². The molecule has 794 valence electrons.